The molecule has 0 fully saturated rings. The molecule has 4 nitrogen and oxygen atoms in total. The lowest BCUT2D eigenvalue weighted by atomic mass is 10.1. The quantitative estimate of drug-likeness (QED) is 0.681. The molecule has 0 bridgehead atoms. The maximum Gasteiger partial charge on any atom is 0.265 e. The summed E-state index contributed by atoms with van der Waals surface area (Å²) in [7, 11) is 0. The van der Waals surface area contributed by atoms with Gasteiger partial charge in [-0.15, -0.1) is 0 Å². The van der Waals surface area contributed by atoms with Crippen molar-refractivity contribution in [2.75, 3.05) is 18.4 Å². The van der Waals surface area contributed by atoms with Gasteiger partial charge < -0.3 is 10.1 Å². The van der Waals surface area contributed by atoms with Crippen molar-refractivity contribution in [1.82, 2.24) is 4.90 Å². The number of nitrogens with zero attached hydrogens (tertiary/aromatic N) is 1. The number of carbonyl (C=O) groups is 1. The van der Waals surface area contributed by atoms with Gasteiger partial charge in [-0.3, -0.25) is 9.69 Å². The molecule has 0 spiro atoms. The zero-order valence-corrected chi connectivity index (χ0v) is 17.2. The molecule has 0 saturated carbocycles. The molecule has 0 heterocycles. The number of hydrogen-bond donors (Lipinski definition) is 1. The highest BCUT2D eigenvalue weighted by atomic mass is 16.5. The first-order valence-electron chi connectivity index (χ1n) is 9.83. The highest BCUT2D eigenvalue weighted by molar-refractivity contribution is 5.94. The molecule has 0 unspecified atom stereocenters. The van der Waals surface area contributed by atoms with Crippen molar-refractivity contribution in [3.8, 4) is 5.75 Å². The van der Waals surface area contributed by atoms with Crippen LogP contribution in [0.3, 0.4) is 0 Å². The van der Waals surface area contributed by atoms with Gasteiger partial charge in [0.05, 0.1) is 0 Å². The Morgan fingerprint density at radius 1 is 1.04 bits per heavy atom. The molecule has 2 aromatic carbocycles. The van der Waals surface area contributed by atoms with Crippen LogP contribution in [0.25, 0.3) is 0 Å². The smallest absolute Gasteiger partial charge is 0.265 e. The molecule has 1 amide bonds. The number of aryl methyl sites for hydroxylation is 1. The van der Waals surface area contributed by atoms with E-state index in [1.165, 1.54) is 5.56 Å². The van der Waals surface area contributed by atoms with E-state index >= 15 is 0 Å². The van der Waals surface area contributed by atoms with Crippen LogP contribution in [0, 0.1) is 13.8 Å². The van der Waals surface area contributed by atoms with Crippen LogP contribution in [0.5, 0.6) is 5.75 Å². The van der Waals surface area contributed by atoms with E-state index in [2.05, 4.69) is 36.2 Å². The Hall–Kier alpha value is -2.33. The largest absolute Gasteiger partial charge is 0.480 e. The SMILES string of the molecule is CC[C@H](Oc1cccc(C)c1C)C(=O)Nc1ccc(CN(CC)CC)cc1. The molecule has 27 heavy (non-hydrogen) atoms. The first-order chi connectivity index (χ1) is 13.0. The Labute approximate surface area is 163 Å². The van der Waals surface area contributed by atoms with Gasteiger partial charge in [0.2, 0.25) is 0 Å². The minimum atomic E-state index is -0.513. The predicted octanol–water partition coefficient (Wildman–Crippen LogP) is 4.94. The van der Waals surface area contributed by atoms with Crippen molar-refractivity contribution in [2.24, 2.45) is 0 Å². The Morgan fingerprint density at radius 3 is 2.30 bits per heavy atom. The summed E-state index contributed by atoms with van der Waals surface area (Å²) in [6.45, 7) is 13.3. The molecule has 1 atom stereocenters. The van der Waals surface area contributed by atoms with Gasteiger partial charge in [-0.1, -0.05) is 45.0 Å². The van der Waals surface area contributed by atoms with Crippen molar-refractivity contribution >= 4 is 11.6 Å². The number of ether oxygens (including phenoxy) is 1. The minimum Gasteiger partial charge on any atom is -0.480 e. The summed E-state index contributed by atoms with van der Waals surface area (Å²) in [5.41, 5.74) is 4.28. The van der Waals surface area contributed by atoms with Crippen molar-refractivity contribution in [1.29, 1.82) is 0 Å². The molecule has 4 heteroatoms. The topological polar surface area (TPSA) is 41.6 Å². The van der Waals surface area contributed by atoms with Crippen LogP contribution in [0.15, 0.2) is 42.5 Å². The first-order valence-corrected chi connectivity index (χ1v) is 9.83. The third-order valence-corrected chi connectivity index (χ3v) is 5.01. The molecule has 0 radical (unpaired) electrons. The molecule has 0 aromatic heterocycles. The lowest BCUT2D eigenvalue weighted by Gasteiger charge is -2.20. The third kappa shape index (κ3) is 5.83. The second kappa shape index (κ2) is 10.1. The Morgan fingerprint density at radius 2 is 1.70 bits per heavy atom. The minimum absolute atomic E-state index is 0.116. The van der Waals surface area contributed by atoms with Crippen LogP contribution < -0.4 is 10.1 Å². The van der Waals surface area contributed by atoms with E-state index in [0.717, 1.165) is 42.2 Å². The lowest BCUT2D eigenvalue weighted by molar-refractivity contribution is -0.122. The Bertz CT molecular complexity index is 737. The van der Waals surface area contributed by atoms with E-state index in [-0.39, 0.29) is 5.91 Å². The van der Waals surface area contributed by atoms with Crippen LogP contribution in [0.1, 0.15) is 43.9 Å². The summed E-state index contributed by atoms with van der Waals surface area (Å²) in [5, 5.41) is 2.98. The number of benzene rings is 2. The monoisotopic (exact) mass is 368 g/mol. The van der Waals surface area contributed by atoms with Crippen molar-refractivity contribution in [3.05, 3.63) is 59.2 Å². The number of rotatable bonds is 9. The van der Waals surface area contributed by atoms with Gasteiger partial charge in [0, 0.05) is 12.2 Å². The van der Waals surface area contributed by atoms with Crippen LogP contribution in [0.4, 0.5) is 5.69 Å². The normalized spacial score (nSPS) is 12.1. The van der Waals surface area contributed by atoms with Gasteiger partial charge in [0.1, 0.15) is 5.75 Å². The zero-order valence-electron chi connectivity index (χ0n) is 17.2. The van der Waals surface area contributed by atoms with E-state index in [1.807, 2.05) is 51.1 Å². The summed E-state index contributed by atoms with van der Waals surface area (Å²) < 4.78 is 6.00. The van der Waals surface area contributed by atoms with Crippen LogP contribution >= 0.6 is 0 Å². The molecule has 0 aliphatic rings. The Kier molecular flexibility index (Phi) is 7.86. The van der Waals surface area contributed by atoms with Crippen molar-refractivity contribution in [2.45, 2.75) is 53.7 Å². The van der Waals surface area contributed by atoms with Gasteiger partial charge in [0.15, 0.2) is 6.10 Å². The maximum atomic E-state index is 12.7. The van der Waals surface area contributed by atoms with Gasteiger partial charge >= 0.3 is 0 Å². The van der Waals surface area contributed by atoms with E-state index in [0.29, 0.717) is 6.42 Å². The van der Waals surface area contributed by atoms with Crippen LogP contribution in [-0.4, -0.2) is 30.0 Å². The number of hydrogen-bond acceptors (Lipinski definition) is 3. The molecule has 1 N–H and O–H groups in total. The lowest BCUT2D eigenvalue weighted by Crippen LogP contribution is -2.32. The summed E-state index contributed by atoms with van der Waals surface area (Å²) in [6, 6.07) is 14.0. The molecule has 146 valence electrons. The van der Waals surface area contributed by atoms with Crippen LogP contribution in [0.2, 0.25) is 0 Å². The fraction of sp³-hybridized carbons (Fsp3) is 0.435. The number of nitrogens with one attached hydrogen (secondary N) is 1. The number of carbonyl (C=O) groups excluding carboxylic acids is 1. The molecule has 2 aromatic rings. The van der Waals surface area contributed by atoms with Gasteiger partial charge in [-0.2, -0.15) is 0 Å². The molecule has 0 aliphatic carbocycles. The van der Waals surface area contributed by atoms with Gasteiger partial charge in [-0.25, -0.2) is 0 Å². The maximum absolute atomic E-state index is 12.7. The van der Waals surface area contributed by atoms with Gasteiger partial charge in [0.25, 0.3) is 5.91 Å². The standard InChI is InChI=1S/C23H32N2O2/c1-6-21(27-22-11-9-10-17(4)18(22)5)23(26)24-20-14-12-19(13-15-20)16-25(7-2)8-3/h9-15,21H,6-8,16H2,1-5H3,(H,24,26)/t21-/m0/s1. The molecule has 2 rings (SSSR count). The second-order valence-electron chi connectivity index (χ2n) is 6.86. The van der Waals surface area contributed by atoms with Crippen molar-refractivity contribution < 1.29 is 9.53 Å². The summed E-state index contributed by atoms with van der Waals surface area (Å²) in [4.78, 5) is 15.0. The second-order valence-corrected chi connectivity index (χ2v) is 6.86. The first kappa shape index (κ1) is 21.0. The average molecular weight is 369 g/mol. The third-order valence-electron chi connectivity index (χ3n) is 5.01. The number of amides is 1. The number of anilines is 1. The molecule has 0 aliphatic heterocycles. The van der Waals surface area contributed by atoms with E-state index in [9.17, 15) is 4.79 Å². The highest BCUT2D eigenvalue weighted by Crippen LogP contribution is 2.23. The van der Waals surface area contributed by atoms with Gasteiger partial charge in [-0.05, 0) is 68.2 Å². The summed E-state index contributed by atoms with van der Waals surface area (Å²) in [6.07, 6.45) is 0.0973. The summed E-state index contributed by atoms with van der Waals surface area (Å²) >= 11 is 0. The van der Waals surface area contributed by atoms with E-state index < -0.39 is 6.10 Å². The molecular weight excluding hydrogens is 336 g/mol. The predicted molar refractivity (Wildman–Crippen MR) is 112 cm³/mol. The summed E-state index contributed by atoms with van der Waals surface area (Å²) in [5.74, 6) is 0.654. The Balaban J connectivity index is 2.00. The highest BCUT2D eigenvalue weighted by Gasteiger charge is 2.19. The van der Waals surface area contributed by atoms with E-state index in [1.54, 1.807) is 0 Å². The molecule has 0 saturated heterocycles. The molecular formula is C23H32N2O2. The van der Waals surface area contributed by atoms with Crippen LogP contribution in [-0.2, 0) is 11.3 Å². The van der Waals surface area contributed by atoms with E-state index in [4.69, 9.17) is 4.74 Å². The average Bonchev–Trinajstić information content (AvgIpc) is 2.68. The fourth-order valence-corrected chi connectivity index (χ4v) is 2.95. The zero-order chi connectivity index (χ0) is 19.8. The van der Waals surface area contributed by atoms with Crippen molar-refractivity contribution in [3.63, 3.8) is 0 Å². The fourth-order valence-electron chi connectivity index (χ4n) is 2.95.